The highest BCUT2D eigenvalue weighted by Gasteiger charge is 2.12. The van der Waals surface area contributed by atoms with Gasteiger partial charge in [-0.05, 0) is 74.0 Å². The molecular formula is C27H24Cl2N2O4. The van der Waals surface area contributed by atoms with E-state index in [0.717, 1.165) is 5.56 Å². The highest BCUT2D eigenvalue weighted by atomic mass is 35.5. The maximum absolute atomic E-state index is 12.7. The molecule has 0 aliphatic carbocycles. The molecule has 8 heteroatoms. The van der Waals surface area contributed by atoms with Gasteiger partial charge >= 0.3 is 0 Å². The lowest BCUT2D eigenvalue weighted by Crippen LogP contribution is -2.13. The summed E-state index contributed by atoms with van der Waals surface area (Å²) >= 11 is 12.1. The number of hydrogen-bond donors (Lipinski definition) is 1. The fraction of sp³-hybridized carbons (Fsp3) is 0.185. The van der Waals surface area contributed by atoms with Gasteiger partial charge in [-0.1, -0.05) is 35.3 Å². The Morgan fingerprint density at radius 1 is 1.06 bits per heavy atom. The van der Waals surface area contributed by atoms with Crippen molar-refractivity contribution in [2.45, 2.75) is 26.6 Å². The second-order valence-electron chi connectivity index (χ2n) is 7.75. The topological polar surface area (TPSA) is 80.6 Å². The molecule has 0 saturated carbocycles. The van der Waals surface area contributed by atoms with Crippen molar-refractivity contribution >= 4 is 40.9 Å². The number of ether oxygens (including phenoxy) is 3. The minimum Gasteiger partial charge on any atom is -0.493 e. The standard InChI is InChI=1S/C27H24Cl2N2O4/c1-17(2)35-25-11-4-18(13-26(25)33-3)12-20(15-30)27(32)31-22-7-9-23(10-8-22)34-16-19-5-6-21(28)14-24(19)29/h4-14,17H,16H2,1-3H3,(H,31,32)/b20-12+. The lowest BCUT2D eigenvalue weighted by molar-refractivity contribution is -0.112. The summed E-state index contributed by atoms with van der Waals surface area (Å²) in [5.74, 6) is 1.17. The lowest BCUT2D eigenvalue weighted by atomic mass is 10.1. The van der Waals surface area contributed by atoms with Crippen LogP contribution in [0.3, 0.4) is 0 Å². The quantitative estimate of drug-likeness (QED) is 0.249. The normalized spacial score (nSPS) is 11.1. The van der Waals surface area contributed by atoms with Crippen LogP contribution >= 0.6 is 23.2 Å². The van der Waals surface area contributed by atoms with Gasteiger partial charge in [-0.15, -0.1) is 0 Å². The van der Waals surface area contributed by atoms with Crippen LogP contribution in [0.4, 0.5) is 5.69 Å². The third-order valence-corrected chi connectivity index (χ3v) is 5.34. The number of benzene rings is 3. The number of anilines is 1. The van der Waals surface area contributed by atoms with Crippen LogP contribution in [0.2, 0.25) is 10.0 Å². The van der Waals surface area contributed by atoms with Gasteiger partial charge in [0.05, 0.1) is 13.2 Å². The summed E-state index contributed by atoms with van der Waals surface area (Å²) < 4.78 is 16.8. The molecule has 1 amide bonds. The van der Waals surface area contributed by atoms with Crippen LogP contribution < -0.4 is 19.5 Å². The molecule has 0 fully saturated rings. The van der Waals surface area contributed by atoms with E-state index in [-0.39, 0.29) is 18.3 Å². The summed E-state index contributed by atoms with van der Waals surface area (Å²) in [5.41, 5.74) is 1.90. The Kier molecular flexibility index (Phi) is 9.02. The third kappa shape index (κ3) is 7.41. The maximum atomic E-state index is 12.7. The van der Waals surface area contributed by atoms with E-state index < -0.39 is 5.91 Å². The van der Waals surface area contributed by atoms with Crippen molar-refractivity contribution in [3.05, 3.63) is 87.4 Å². The number of nitriles is 1. The van der Waals surface area contributed by atoms with Gasteiger partial charge in [0.15, 0.2) is 11.5 Å². The third-order valence-electron chi connectivity index (χ3n) is 4.75. The average molecular weight is 511 g/mol. The number of amides is 1. The minimum absolute atomic E-state index is 0.0160. The van der Waals surface area contributed by atoms with Gasteiger partial charge in [0.2, 0.25) is 0 Å². The average Bonchev–Trinajstić information content (AvgIpc) is 2.83. The number of carbonyl (C=O) groups is 1. The molecule has 3 aromatic rings. The summed E-state index contributed by atoms with van der Waals surface area (Å²) in [4.78, 5) is 12.7. The Morgan fingerprint density at radius 3 is 2.43 bits per heavy atom. The second kappa shape index (κ2) is 12.2. The summed E-state index contributed by atoms with van der Waals surface area (Å²) in [6.45, 7) is 4.10. The number of nitrogens with one attached hydrogen (secondary N) is 1. The zero-order chi connectivity index (χ0) is 25.4. The molecule has 3 aromatic carbocycles. The van der Waals surface area contributed by atoms with E-state index in [2.05, 4.69) is 5.32 Å². The first-order valence-corrected chi connectivity index (χ1v) is 11.5. The molecule has 0 aliphatic rings. The van der Waals surface area contributed by atoms with Crippen LogP contribution in [0.15, 0.2) is 66.2 Å². The van der Waals surface area contributed by atoms with Crippen LogP contribution in [0.5, 0.6) is 17.2 Å². The van der Waals surface area contributed by atoms with Crippen LogP contribution in [-0.4, -0.2) is 19.1 Å². The van der Waals surface area contributed by atoms with Crippen LogP contribution in [-0.2, 0) is 11.4 Å². The van der Waals surface area contributed by atoms with Crippen molar-refractivity contribution in [1.82, 2.24) is 0 Å². The number of halogens is 2. The molecule has 35 heavy (non-hydrogen) atoms. The Morgan fingerprint density at radius 2 is 1.80 bits per heavy atom. The van der Waals surface area contributed by atoms with Crippen LogP contribution in [0.25, 0.3) is 6.08 Å². The van der Waals surface area contributed by atoms with Crippen molar-refractivity contribution in [2.75, 3.05) is 12.4 Å². The Labute approximate surface area is 214 Å². The molecule has 3 rings (SSSR count). The van der Waals surface area contributed by atoms with Crippen molar-refractivity contribution in [1.29, 1.82) is 5.26 Å². The van der Waals surface area contributed by atoms with E-state index >= 15 is 0 Å². The van der Waals surface area contributed by atoms with E-state index in [4.69, 9.17) is 37.4 Å². The highest BCUT2D eigenvalue weighted by Crippen LogP contribution is 2.30. The van der Waals surface area contributed by atoms with E-state index in [9.17, 15) is 10.1 Å². The Balaban J connectivity index is 1.65. The minimum atomic E-state index is -0.532. The van der Waals surface area contributed by atoms with Crippen molar-refractivity contribution in [2.24, 2.45) is 0 Å². The summed E-state index contributed by atoms with van der Waals surface area (Å²) in [7, 11) is 1.53. The second-order valence-corrected chi connectivity index (χ2v) is 8.59. The predicted octanol–water partition coefficient (Wildman–Crippen LogP) is 6.91. The molecule has 1 N–H and O–H groups in total. The van der Waals surface area contributed by atoms with Crippen molar-refractivity contribution in [3.63, 3.8) is 0 Å². The number of rotatable bonds is 9. The zero-order valence-corrected chi connectivity index (χ0v) is 21.0. The molecule has 180 valence electrons. The molecule has 0 aromatic heterocycles. The monoisotopic (exact) mass is 510 g/mol. The van der Waals surface area contributed by atoms with Crippen LogP contribution in [0, 0.1) is 11.3 Å². The Bertz CT molecular complexity index is 1270. The number of carbonyl (C=O) groups excluding carboxylic acids is 1. The predicted molar refractivity (Wildman–Crippen MR) is 138 cm³/mol. The number of hydrogen-bond acceptors (Lipinski definition) is 5. The van der Waals surface area contributed by atoms with Gasteiger partial charge in [-0.3, -0.25) is 4.79 Å². The van der Waals surface area contributed by atoms with E-state index in [1.54, 1.807) is 60.7 Å². The molecule has 0 aliphatic heterocycles. The van der Waals surface area contributed by atoms with Gasteiger partial charge < -0.3 is 19.5 Å². The first-order valence-electron chi connectivity index (χ1n) is 10.7. The molecule has 0 radical (unpaired) electrons. The first-order chi connectivity index (χ1) is 16.8. The molecule has 0 spiro atoms. The van der Waals surface area contributed by atoms with Gasteiger partial charge in [0.25, 0.3) is 5.91 Å². The Hall–Kier alpha value is -3.66. The SMILES string of the molecule is COc1cc(/C=C(\C#N)C(=O)Nc2ccc(OCc3ccc(Cl)cc3Cl)cc2)ccc1OC(C)C. The fourth-order valence-electron chi connectivity index (χ4n) is 3.07. The number of methoxy groups -OCH3 is 1. The smallest absolute Gasteiger partial charge is 0.266 e. The summed E-state index contributed by atoms with van der Waals surface area (Å²) in [6.07, 6.45) is 1.47. The van der Waals surface area contributed by atoms with Gasteiger partial charge in [0.1, 0.15) is 24.0 Å². The lowest BCUT2D eigenvalue weighted by Gasteiger charge is -2.14. The molecule has 0 bridgehead atoms. The maximum Gasteiger partial charge on any atom is 0.266 e. The van der Waals surface area contributed by atoms with Crippen molar-refractivity contribution in [3.8, 4) is 23.3 Å². The molecule has 0 unspecified atom stereocenters. The van der Waals surface area contributed by atoms with Gasteiger partial charge in [-0.2, -0.15) is 5.26 Å². The van der Waals surface area contributed by atoms with Crippen LogP contribution in [0.1, 0.15) is 25.0 Å². The van der Waals surface area contributed by atoms with E-state index in [1.165, 1.54) is 13.2 Å². The van der Waals surface area contributed by atoms with Gasteiger partial charge in [-0.25, -0.2) is 0 Å². The van der Waals surface area contributed by atoms with E-state index in [0.29, 0.717) is 38.5 Å². The van der Waals surface area contributed by atoms with Gasteiger partial charge in [0, 0.05) is 21.3 Å². The molecule has 0 heterocycles. The zero-order valence-electron chi connectivity index (χ0n) is 19.5. The number of nitrogens with zero attached hydrogens (tertiary/aromatic N) is 1. The largest absolute Gasteiger partial charge is 0.493 e. The molecule has 0 atom stereocenters. The molecular weight excluding hydrogens is 487 g/mol. The summed E-state index contributed by atoms with van der Waals surface area (Å²) in [5, 5.41) is 13.3. The summed E-state index contributed by atoms with van der Waals surface area (Å²) in [6, 6.07) is 19.2. The fourth-order valence-corrected chi connectivity index (χ4v) is 3.54. The first kappa shape index (κ1) is 26.0. The van der Waals surface area contributed by atoms with Crippen molar-refractivity contribution < 1.29 is 19.0 Å². The van der Waals surface area contributed by atoms with E-state index in [1.807, 2.05) is 19.9 Å². The highest BCUT2D eigenvalue weighted by molar-refractivity contribution is 6.35. The molecule has 6 nitrogen and oxygen atoms in total. The molecule has 0 saturated heterocycles.